The number of esters is 1. The van der Waals surface area contributed by atoms with Crippen LogP contribution in [0.2, 0.25) is 0 Å². The van der Waals surface area contributed by atoms with Crippen molar-refractivity contribution in [3.8, 4) is 11.4 Å². The van der Waals surface area contributed by atoms with E-state index in [0.29, 0.717) is 29.9 Å². The summed E-state index contributed by atoms with van der Waals surface area (Å²) in [5.41, 5.74) is 4.53. The average molecular weight is 404 g/mol. The van der Waals surface area contributed by atoms with E-state index < -0.39 is 11.8 Å². The quantitative estimate of drug-likeness (QED) is 0.428. The predicted molar refractivity (Wildman–Crippen MR) is 104 cm³/mol. The van der Waals surface area contributed by atoms with Gasteiger partial charge in [-0.2, -0.15) is 0 Å². The molecular formula is C21H17FN6O2. The highest BCUT2D eigenvalue weighted by Gasteiger charge is 2.29. The lowest BCUT2D eigenvalue weighted by Crippen LogP contribution is -2.11. The minimum absolute atomic E-state index is 0.231. The van der Waals surface area contributed by atoms with Crippen LogP contribution in [0.4, 0.5) is 4.39 Å². The zero-order valence-electron chi connectivity index (χ0n) is 16.1. The number of pyridine rings is 1. The van der Waals surface area contributed by atoms with Crippen LogP contribution in [-0.2, 0) is 17.6 Å². The summed E-state index contributed by atoms with van der Waals surface area (Å²) in [6.07, 6.45) is 5.88. The molecule has 5 rings (SSSR count). The summed E-state index contributed by atoms with van der Waals surface area (Å²) in [6, 6.07) is 8.22. The van der Waals surface area contributed by atoms with Gasteiger partial charge in [0, 0.05) is 31.3 Å². The van der Waals surface area contributed by atoms with E-state index in [1.807, 2.05) is 12.1 Å². The summed E-state index contributed by atoms with van der Waals surface area (Å²) in [5.74, 6) is -0.886. The lowest BCUT2D eigenvalue weighted by molar-refractivity contribution is 0.0519. The number of ether oxygens (including phenoxy) is 1. The largest absolute Gasteiger partial charge is 0.461 e. The Morgan fingerprint density at radius 2 is 2.13 bits per heavy atom. The van der Waals surface area contributed by atoms with Gasteiger partial charge in [-0.05, 0) is 30.7 Å². The van der Waals surface area contributed by atoms with E-state index in [-0.39, 0.29) is 12.3 Å². The van der Waals surface area contributed by atoms with Crippen LogP contribution in [-0.4, -0.2) is 42.1 Å². The van der Waals surface area contributed by atoms with Gasteiger partial charge in [-0.15, -0.1) is 5.10 Å². The van der Waals surface area contributed by atoms with E-state index >= 15 is 0 Å². The molecule has 0 aliphatic carbocycles. The number of hydrogen-bond donors (Lipinski definition) is 0. The van der Waals surface area contributed by atoms with Crippen molar-refractivity contribution in [3.05, 3.63) is 83.2 Å². The molecule has 0 amide bonds. The normalized spacial score (nSPS) is 11.9. The standard InChI is InChI=1S/C21H17FN6O2/c1-2-30-21(29)20-19-10-17-15(8-13-4-3-7-23-11-13)25-26-28(17)18-9-14(22)5-6-16(18)27(19)12-24-20/h3-7,9,11-12H,2,8,10H2,1H3. The third kappa shape index (κ3) is 2.95. The molecule has 8 nitrogen and oxygen atoms in total. The van der Waals surface area contributed by atoms with Gasteiger partial charge in [0.25, 0.3) is 0 Å². The van der Waals surface area contributed by atoms with E-state index in [9.17, 15) is 9.18 Å². The van der Waals surface area contributed by atoms with Crippen molar-refractivity contribution in [1.29, 1.82) is 0 Å². The molecule has 1 aliphatic rings. The van der Waals surface area contributed by atoms with Crippen LogP contribution in [0.5, 0.6) is 0 Å². The first-order chi connectivity index (χ1) is 14.7. The van der Waals surface area contributed by atoms with Crippen molar-refractivity contribution >= 4 is 5.97 Å². The second-order valence-electron chi connectivity index (χ2n) is 6.87. The number of nitrogens with zero attached hydrogens (tertiary/aromatic N) is 6. The summed E-state index contributed by atoms with van der Waals surface area (Å²) in [5, 5.41) is 8.65. The minimum Gasteiger partial charge on any atom is -0.461 e. The zero-order chi connectivity index (χ0) is 20.7. The number of halogens is 1. The Hall–Kier alpha value is -3.88. The molecule has 150 valence electrons. The number of benzene rings is 1. The number of carbonyl (C=O) groups excluding carboxylic acids is 1. The van der Waals surface area contributed by atoms with Crippen molar-refractivity contribution in [2.75, 3.05) is 6.61 Å². The minimum atomic E-state index is -0.496. The molecule has 1 aliphatic heterocycles. The van der Waals surface area contributed by atoms with Crippen molar-refractivity contribution in [1.82, 2.24) is 29.5 Å². The highest BCUT2D eigenvalue weighted by atomic mass is 19.1. The Labute approximate surface area is 171 Å². The number of carbonyl (C=O) groups is 1. The van der Waals surface area contributed by atoms with Crippen molar-refractivity contribution < 1.29 is 13.9 Å². The maximum atomic E-state index is 14.1. The Bertz CT molecular complexity index is 1250. The molecule has 0 bridgehead atoms. The number of aromatic nitrogens is 6. The highest BCUT2D eigenvalue weighted by molar-refractivity contribution is 5.89. The van der Waals surface area contributed by atoms with Gasteiger partial charge < -0.3 is 4.74 Å². The van der Waals surface area contributed by atoms with Crippen LogP contribution < -0.4 is 0 Å². The molecule has 0 unspecified atom stereocenters. The van der Waals surface area contributed by atoms with Crippen LogP contribution >= 0.6 is 0 Å². The zero-order valence-corrected chi connectivity index (χ0v) is 16.1. The molecule has 4 aromatic rings. The second-order valence-corrected chi connectivity index (χ2v) is 6.87. The van der Waals surface area contributed by atoms with Gasteiger partial charge in [0.05, 0.1) is 35.1 Å². The molecule has 0 spiro atoms. The molecule has 0 saturated heterocycles. The maximum absolute atomic E-state index is 14.1. The third-order valence-corrected chi connectivity index (χ3v) is 5.03. The van der Waals surface area contributed by atoms with Gasteiger partial charge in [0.1, 0.15) is 12.1 Å². The Morgan fingerprint density at radius 1 is 1.23 bits per heavy atom. The molecule has 3 aromatic heterocycles. The average Bonchev–Trinajstić information content (AvgIpc) is 3.31. The van der Waals surface area contributed by atoms with Crippen molar-refractivity contribution in [2.24, 2.45) is 0 Å². The van der Waals surface area contributed by atoms with Gasteiger partial charge >= 0.3 is 5.97 Å². The molecule has 9 heteroatoms. The van der Waals surface area contributed by atoms with Crippen LogP contribution in [0.25, 0.3) is 11.4 Å². The number of hydrogen-bond acceptors (Lipinski definition) is 6. The first kappa shape index (κ1) is 18.2. The lowest BCUT2D eigenvalue weighted by Gasteiger charge is -2.09. The first-order valence-electron chi connectivity index (χ1n) is 9.51. The highest BCUT2D eigenvalue weighted by Crippen LogP contribution is 2.31. The summed E-state index contributed by atoms with van der Waals surface area (Å²) in [6.45, 7) is 1.99. The second kappa shape index (κ2) is 7.18. The van der Waals surface area contributed by atoms with Gasteiger partial charge in [0.15, 0.2) is 5.69 Å². The van der Waals surface area contributed by atoms with E-state index in [0.717, 1.165) is 17.0 Å². The molecule has 0 fully saturated rings. The monoisotopic (exact) mass is 404 g/mol. The summed E-state index contributed by atoms with van der Waals surface area (Å²) < 4.78 is 22.7. The molecular weight excluding hydrogens is 387 g/mol. The molecule has 0 radical (unpaired) electrons. The molecule has 4 heterocycles. The van der Waals surface area contributed by atoms with Crippen molar-refractivity contribution in [2.45, 2.75) is 19.8 Å². The maximum Gasteiger partial charge on any atom is 0.358 e. The Morgan fingerprint density at radius 3 is 2.93 bits per heavy atom. The number of imidazole rings is 1. The SMILES string of the molecule is CCOC(=O)c1ncn2c1Cc1c(Cc3cccnc3)nnn1-c1cc(F)ccc1-2. The topological polar surface area (TPSA) is 87.7 Å². The molecule has 30 heavy (non-hydrogen) atoms. The van der Waals surface area contributed by atoms with Crippen LogP contribution in [0.3, 0.4) is 0 Å². The molecule has 1 aromatic carbocycles. The van der Waals surface area contributed by atoms with Crippen LogP contribution in [0.15, 0.2) is 49.1 Å². The van der Waals surface area contributed by atoms with Crippen LogP contribution in [0, 0.1) is 5.82 Å². The van der Waals surface area contributed by atoms with E-state index in [2.05, 4.69) is 20.3 Å². The van der Waals surface area contributed by atoms with Gasteiger partial charge in [-0.1, -0.05) is 11.3 Å². The predicted octanol–water partition coefficient (Wildman–Crippen LogP) is 2.66. The van der Waals surface area contributed by atoms with Gasteiger partial charge in [0.2, 0.25) is 0 Å². The van der Waals surface area contributed by atoms with Gasteiger partial charge in [-0.25, -0.2) is 18.9 Å². The summed E-state index contributed by atoms with van der Waals surface area (Å²) in [4.78, 5) is 20.9. The van der Waals surface area contributed by atoms with Crippen molar-refractivity contribution in [3.63, 3.8) is 0 Å². The molecule has 0 saturated carbocycles. The number of fused-ring (bicyclic) bond motifs is 5. The number of rotatable bonds is 4. The van der Waals surface area contributed by atoms with E-state index in [1.165, 1.54) is 12.1 Å². The fraction of sp³-hybridized carbons (Fsp3) is 0.190. The summed E-state index contributed by atoms with van der Waals surface area (Å²) in [7, 11) is 0. The first-order valence-corrected chi connectivity index (χ1v) is 9.51. The summed E-state index contributed by atoms with van der Waals surface area (Å²) >= 11 is 0. The lowest BCUT2D eigenvalue weighted by atomic mass is 10.1. The fourth-order valence-corrected chi connectivity index (χ4v) is 3.69. The smallest absolute Gasteiger partial charge is 0.358 e. The Balaban J connectivity index is 1.69. The Kier molecular flexibility index (Phi) is 4.35. The molecule has 0 atom stereocenters. The van der Waals surface area contributed by atoms with Gasteiger partial charge in [-0.3, -0.25) is 9.55 Å². The van der Waals surface area contributed by atoms with Crippen LogP contribution in [0.1, 0.15) is 40.1 Å². The molecule has 0 N–H and O–H groups in total. The van der Waals surface area contributed by atoms with E-state index in [4.69, 9.17) is 4.74 Å². The van der Waals surface area contributed by atoms with E-state index in [1.54, 1.807) is 41.0 Å². The fourth-order valence-electron chi connectivity index (χ4n) is 3.69. The third-order valence-electron chi connectivity index (χ3n) is 5.03.